The minimum atomic E-state index is -0.895. The van der Waals surface area contributed by atoms with Crippen LogP contribution in [-0.4, -0.2) is 71.6 Å². The number of piperidine rings is 3. The smallest absolute Gasteiger partial charge is 0.305 e. The highest BCUT2D eigenvalue weighted by Crippen LogP contribution is 2.32. The van der Waals surface area contributed by atoms with Gasteiger partial charge in [-0.1, -0.05) is 0 Å². The fraction of sp³-hybridized carbons (Fsp3) is 0.846. The van der Waals surface area contributed by atoms with Crippen molar-refractivity contribution in [2.24, 2.45) is 5.92 Å². The second kappa shape index (κ2) is 5.09. The number of carbonyl (C=O) groups is 2. The second-order valence-electron chi connectivity index (χ2n) is 5.85. The maximum atomic E-state index is 12.0. The zero-order valence-corrected chi connectivity index (χ0v) is 11.0. The summed E-state index contributed by atoms with van der Waals surface area (Å²) in [5.74, 6) is -0.384. The molecule has 4 aliphatic heterocycles. The van der Waals surface area contributed by atoms with E-state index in [4.69, 9.17) is 5.11 Å². The van der Waals surface area contributed by atoms with Crippen LogP contribution in [-0.2, 0) is 9.59 Å². The third kappa shape index (κ3) is 2.47. The van der Waals surface area contributed by atoms with Crippen LogP contribution in [0.2, 0.25) is 0 Å². The molecule has 4 heterocycles. The Morgan fingerprint density at radius 3 is 2.63 bits per heavy atom. The fourth-order valence-electron chi connectivity index (χ4n) is 3.81. The number of piperazine rings is 1. The molecule has 6 nitrogen and oxygen atoms in total. The number of fused-ring (bicyclic) bond motifs is 3. The summed E-state index contributed by atoms with van der Waals surface area (Å²) in [7, 11) is 0. The first-order valence-corrected chi connectivity index (χ1v) is 7.13. The Bertz CT molecular complexity index is 379. The summed E-state index contributed by atoms with van der Waals surface area (Å²) in [6.45, 7) is 4.72. The lowest BCUT2D eigenvalue weighted by atomic mass is 9.82. The third-order valence-corrected chi connectivity index (χ3v) is 4.79. The summed E-state index contributed by atoms with van der Waals surface area (Å²) < 4.78 is 0. The van der Waals surface area contributed by atoms with Crippen LogP contribution in [0.15, 0.2) is 0 Å². The van der Waals surface area contributed by atoms with Gasteiger partial charge in [0.1, 0.15) is 6.04 Å². The summed E-state index contributed by atoms with van der Waals surface area (Å²) in [4.78, 5) is 27.5. The van der Waals surface area contributed by atoms with Crippen LogP contribution < -0.4 is 5.32 Å². The predicted octanol–water partition coefficient (Wildman–Crippen LogP) is -0.644. The molecule has 0 saturated carbocycles. The lowest BCUT2D eigenvalue weighted by Crippen LogP contribution is -2.65. The average Bonchev–Trinajstić information content (AvgIpc) is 2.42. The van der Waals surface area contributed by atoms with Gasteiger partial charge >= 0.3 is 5.97 Å². The van der Waals surface area contributed by atoms with E-state index in [1.807, 2.05) is 0 Å². The van der Waals surface area contributed by atoms with Crippen molar-refractivity contribution in [2.75, 3.05) is 32.7 Å². The summed E-state index contributed by atoms with van der Waals surface area (Å²) >= 11 is 0. The van der Waals surface area contributed by atoms with E-state index in [0.29, 0.717) is 18.5 Å². The quantitative estimate of drug-likeness (QED) is 0.711. The second-order valence-corrected chi connectivity index (χ2v) is 5.85. The van der Waals surface area contributed by atoms with Gasteiger partial charge in [0, 0.05) is 25.7 Å². The molecular formula is C13H21N3O3. The van der Waals surface area contributed by atoms with Gasteiger partial charge in [-0.05, 0) is 31.8 Å². The van der Waals surface area contributed by atoms with E-state index in [-0.39, 0.29) is 12.3 Å². The van der Waals surface area contributed by atoms with Crippen molar-refractivity contribution in [3.8, 4) is 0 Å². The molecule has 2 atom stereocenters. The molecule has 4 rings (SSSR count). The average molecular weight is 267 g/mol. The van der Waals surface area contributed by atoms with E-state index < -0.39 is 12.0 Å². The molecule has 106 valence electrons. The highest BCUT2D eigenvalue weighted by molar-refractivity contribution is 5.86. The number of nitrogens with one attached hydrogen (secondary N) is 1. The Kier molecular flexibility index (Phi) is 3.45. The van der Waals surface area contributed by atoms with Gasteiger partial charge in [0.2, 0.25) is 5.91 Å². The van der Waals surface area contributed by atoms with Gasteiger partial charge in [-0.15, -0.1) is 0 Å². The molecule has 0 aromatic rings. The standard InChI is InChI=1S/C13H21N3O3/c17-12(18)7-10-13(19)14-3-6-16(10)11-8-15-4-1-9(11)2-5-15/h9-11H,1-8H2,(H,14,19)(H,17,18). The van der Waals surface area contributed by atoms with Crippen molar-refractivity contribution >= 4 is 11.9 Å². The summed E-state index contributed by atoms with van der Waals surface area (Å²) in [5, 5.41) is 11.8. The van der Waals surface area contributed by atoms with Gasteiger partial charge in [0.05, 0.1) is 6.42 Å². The topological polar surface area (TPSA) is 72.9 Å². The Morgan fingerprint density at radius 2 is 2.05 bits per heavy atom. The molecule has 2 N–H and O–H groups in total. The Morgan fingerprint density at radius 1 is 1.32 bits per heavy atom. The Hall–Kier alpha value is -1.14. The number of carboxylic acid groups (broad SMARTS) is 1. The van der Waals surface area contributed by atoms with Crippen molar-refractivity contribution in [1.29, 1.82) is 0 Å². The molecule has 4 saturated heterocycles. The van der Waals surface area contributed by atoms with Gasteiger partial charge in [0.25, 0.3) is 0 Å². The van der Waals surface area contributed by atoms with Gasteiger partial charge < -0.3 is 15.3 Å². The van der Waals surface area contributed by atoms with Crippen molar-refractivity contribution in [1.82, 2.24) is 15.1 Å². The molecule has 0 radical (unpaired) electrons. The number of amides is 1. The number of carbonyl (C=O) groups excluding carboxylic acids is 1. The summed E-state index contributed by atoms with van der Waals surface area (Å²) in [5.41, 5.74) is 0. The number of hydrogen-bond acceptors (Lipinski definition) is 4. The number of aliphatic carboxylic acids is 1. The minimum absolute atomic E-state index is 0.0882. The zero-order valence-electron chi connectivity index (χ0n) is 11.0. The fourth-order valence-corrected chi connectivity index (χ4v) is 3.81. The molecule has 2 unspecified atom stereocenters. The number of carboxylic acids is 1. The van der Waals surface area contributed by atoms with Crippen LogP contribution in [0.3, 0.4) is 0 Å². The van der Waals surface area contributed by atoms with Crippen LogP contribution in [0.1, 0.15) is 19.3 Å². The molecule has 0 aromatic carbocycles. The monoisotopic (exact) mass is 267 g/mol. The molecule has 4 aliphatic rings. The molecular weight excluding hydrogens is 246 g/mol. The van der Waals surface area contributed by atoms with Gasteiger partial charge in [-0.3, -0.25) is 14.5 Å². The zero-order chi connectivity index (χ0) is 13.4. The number of hydrogen-bond donors (Lipinski definition) is 2. The van der Waals surface area contributed by atoms with E-state index in [9.17, 15) is 9.59 Å². The van der Waals surface area contributed by atoms with E-state index in [1.165, 1.54) is 12.8 Å². The highest BCUT2D eigenvalue weighted by Gasteiger charge is 2.43. The molecule has 6 heteroatoms. The van der Waals surface area contributed by atoms with Crippen LogP contribution in [0.25, 0.3) is 0 Å². The van der Waals surface area contributed by atoms with Gasteiger partial charge in [-0.2, -0.15) is 0 Å². The molecule has 0 spiro atoms. The molecule has 0 aromatic heterocycles. The predicted molar refractivity (Wildman–Crippen MR) is 68.7 cm³/mol. The SMILES string of the molecule is O=C(O)CC1C(=O)NCCN1C1CN2CCC1CC2. The first-order chi connectivity index (χ1) is 9.15. The van der Waals surface area contributed by atoms with E-state index >= 15 is 0 Å². The lowest BCUT2D eigenvalue weighted by molar-refractivity contribution is -0.145. The molecule has 4 fully saturated rings. The maximum absolute atomic E-state index is 12.0. The minimum Gasteiger partial charge on any atom is -0.481 e. The van der Waals surface area contributed by atoms with Gasteiger partial charge in [0.15, 0.2) is 0 Å². The first kappa shape index (κ1) is 12.9. The summed E-state index contributed by atoms with van der Waals surface area (Å²) in [6, 6.07) is -0.130. The largest absolute Gasteiger partial charge is 0.481 e. The molecule has 1 amide bonds. The van der Waals surface area contributed by atoms with E-state index in [0.717, 1.165) is 26.2 Å². The van der Waals surface area contributed by atoms with Crippen molar-refractivity contribution in [3.63, 3.8) is 0 Å². The van der Waals surface area contributed by atoms with E-state index in [1.54, 1.807) is 0 Å². The van der Waals surface area contributed by atoms with Crippen molar-refractivity contribution < 1.29 is 14.7 Å². The molecule has 19 heavy (non-hydrogen) atoms. The van der Waals surface area contributed by atoms with Crippen LogP contribution in [0.4, 0.5) is 0 Å². The van der Waals surface area contributed by atoms with Crippen molar-refractivity contribution in [3.05, 3.63) is 0 Å². The van der Waals surface area contributed by atoms with Crippen molar-refractivity contribution in [2.45, 2.75) is 31.3 Å². The molecule has 2 bridgehead atoms. The molecule has 0 aliphatic carbocycles. The highest BCUT2D eigenvalue weighted by atomic mass is 16.4. The van der Waals surface area contributed by atoms with Crippen LogP contribution >= 0.6 is 0 Å². The summed E-state index contributed by atoms with van der Waals surface area (Å²) in [6.07, 6.45) is 2.28. The van der Waals surface area contributed by atoms with Crippen LogP contribution in [0, 0.1) is 5.92 Å². The first-order valence-electron chi connectivity index (χ1n) is 7.13. The third-order valence-electron chi connectivity index (χ3n) is 4.79. The maximum Gasteiger partial charge on any atom is 0.305 e. The van der Waals surface area contributed by atoms with Crippen LogP contribution in [0.5, 0.6) is 0 Å². The Balaban J connectivity index is 1.76. The van der Waals surface area contributed by atoms with Gasteiger partial charge in [-0.25, -0.2) is 0 Å². The number of nitrogens with zero attached hydrogens (tertiary/aromatic N) is 2. The normalized spacial score (nSPS) is 39.1. The Labute approximate surface area is 112 Å². The van der Waals surface area contributed by atoms with E-state index in [2.05, 4.69) is 15.1 Å². The lowest BCUT2D eigenvalue weighted by Gasteiger charge is -2.51. The number of rotatable bonds is 3.